The zero-order chi connectivity index (χ0) is 17.8. The predicted molar refractivity (Wildman–Crippen MR) is 88.5 cm³/mol. The van der Waals surface area contributed by atoms with E-state index in [1.54, 1.807) is 24.3 Å². The summed E-state index contributed by atoms with van der Waals surface area (Å²) < 4.78 is 40.5. The second kappa shape index (κ2) is 5.47. The molecule has 126 valence electrons. The number of rotatable bonds is 1. The molecule has 2 aromatic heterocycles. The maximum atomic E-state index is 12.9. The van der Waals surface area contributed by atoms with E-state index in [0.29, 0.717) is 21.0 Å². The number of phenols is 1. The Morgan fingerprint density at radius 3 is 2.64 bits per heavy atom. The van der Waals surface area contributed by atoms with Gasteiger partial charge < -0.3 is 0 Å². The second-order valence-electron chi connectivity index (χ2n) is 5.42. The number of hydrogen-bond donors (Lipinski definition) is 1. The third-order valence-electron chi connectivity index (χ3n) is 3.80. The number of aromatic nitrogens is 2. The van der Waals surface area contributed by atoms with Crippen LogP contribution < -0.4 is 5.56 Å². The molecule has 0 aliphatic rings. The van der Waals surface area contributed by atoms with Crippen molar-refractivity contribution in [1.82, 2.24) is 8.55 Å². The van der Waals surface area contributed by atoms with Crippen LogP contribution in [0.4, 0.5) is 13.2 Å². The predicted octanol–water partition coefficient (Wildman–Crippen LogP) is 3.32. The summed E-state index contributed by atoms with van der Waals surface area (Å²) in [4.78, 5) is 16.9. The first kappa shape index (κ1) is 15.9. The minimum absolute atomic E-state index is 0.0182. The molecule has 0 spiro atoms. The topological polar surface area (TPSA) is 55.1 Å². The van der Waals surface area contributed by atoms with Crippen molar-refractivity contribution in [2.24, 2.45) is 0 Å². The van der Waals surface area contributed by atoms with Gasteiger partial charge in [0.15, 0.2) is 0 Å². The van der Waals surface area contributed by atoms with E-state index in [-0.39, 0.29) is 11.1 Å². The summed E-state index contributed by atoms with van der Waals surface area (Å²) in [6.07, 6.45) is -4.50. The summed E-state index contributed by atoms with van der Waals surface area (Å²) in [5.41, 5.74) is -1.01. The molecule has 0 fully saturated rings. The molecule has 0 saturated heterocycles. The summed E-state index contributed by atoms with van der Waals surface area (Å²) in [7, 11) is 0. The number of hydrogen-bond acceptors (Lipinski definition) is 3. The van der Waals surface area contributed by atoms with Gasteiger partial charge in [-0.15, -0.1) is 0 Å². The molecule has 0 bridgehead atoms. The number of pyridine rings is 1. The van der Waals surface area contributed by atoms with Crippen LogP contribution in [-0.4, -0.2) is 28.4 Å². The van der Waals surface area contributed by atoms with Crippen molar-refractivity contribution in [1.29, 1.82) is 0 Å². The summed E-state index contributed by atoms with van der Waals surface area (Å²) >= 11 is -0.512. The molecule has 0 aliphatic heterocycles. The molecule has 0 radical (unpaired) electrons. The molecule has 0 amide bonds. The first-order valence-corrected chi connectivity index (χ1v) is 8.79. The summed E-state index contributed by atoms with van der Waals surface area (Å²) in [6.45, 7) is 0. The molecule has 1 N–H and O–H groups in total. The number of phenolic OH excluding ortho intramolecular Hbond substituents is 1. The van der Waals surface area contributed by atoms with Gasteiger partial charge in [0.1, 0.15) is 0 Å². The Labute approximate surface area is 144 Å². The number of nitrogens with zero attached hydrogens (tertiary/aromatic N) is 2. The van der Waals surface area contributed by atoms with Gasteiger partial charge >= 0.3 is 144 Å². The maximum absolute atomic E-state index is 12.9. The van der Waals surface area contributed by atoms with Gasteiger partial charge in [0, 0.05) is 0 Å². The molecule has 0 saturated carbocycles. The molecular formula is C17H9F3N2O2Se. The van der Waals surface area contributed by atoms with Gasteiger partial charge in [0.2, 0.25) is 0 Å². The van der Waals surface area contributed by atoms with Crippen LogP contribution in [0.25, 0.3) is 26.4 Å². The van der Waals surface area contributed by atoms with E-state index < -0.39 is 32.0 Å². The molecule has 2 heterocycles. The van der Waals surface area contributed by atoms with Crippen LogP contribution in [0.15, 0.2) is 53.3 Å². The number of para-hydroxylation sites is 1. The van der Waals surface area contributed by atoms with Crippen molar-refractivity contribution in [3.05, 3.63) is 64.4 Å². The summed E-state index contributed by atoms with van der Waals surface area (Å²) in [6, 6.07) is 11.5. The normalized spacial score (nSPS) is 12.1. The standard InChI is InChI=1S/C17H9F3N2O2Se/c18-17(19,20)10-5-6-13-11(8-10)16(24)22(25-13)14-7-4-9-2-1-3-12(23)15(9)21-14/h1-8,23H. The van der Waals surface area contributed by atoms with E-state index in [9.17, 15) is 23.1 Å². The van der Waals surface area contributed by atoms with E-state index >= 15 is 0 Å². The molecule has 2 aromatic carbocycles. The van der Waals surface area contributed by atoms with E-state index in [1.165, 1.54) is 15.7 Å². The van der Waals surface area contributed by atoms with Gasteiger partial charge in [-0.25, -0.2) is 0 Å². The van der Waals surface area contributed by atoms with E-state index in [2.05, 4.69) is 4.98 Å². The van der Waals surface area contributed by atoms with Gasteiger partial charge in [0.05, 0.1) is 0 Å². The fraction of sp³-hybridized carbons (Fsp3) is 0.0588. The quantitative estimate of drug-likeness (QED) is 0.491. The third kappa shape index (κ3) is 2.63. The number of alkyl halides is 3. The fourth-order valence-electron chi connectivity index (χ4n) is 2.59. The molecule has 4 nitrogen and oxygen atoms in total. The Bertz CT molecular complexity index is 1180. The molecule has 25 heavy (non-hydrogen) atoms. The van der Waals surface area contributed by atoms with E-state index in [4.69, 9.17) is 0 Å². The van der Waals surface area contributed by atoms with Crippen molar-refractivity contribution in [2.75, 3.05) is 0 Å². The van der Waals surface area contributed by atoms with Gasteiger partial charge in [-0.2, -0.15) is 0 Å². The number of fused-ring (bicyclic) bond motifs is 2. The van der Waals surface area contributed by atoms with Crippen LogP contribution in [0.3, 0.4) is 0 Å². The van der Waals surface area contributed by atoms with Gasteiger partial charge in [-0.1, -0.05) is 0 Å². The molecule has 0 unspecified atom stereocenters. The van der Waals surface area contributed by atoms with Crippen LogP contribution in [0.1, 0.15) is 5.56 Å². The van der Waals surface area contributed by atoms with Crippen LogP contribution in [0, 0.1) is 0 Å². The number of halogens is 3. The molecule has 8 heteroatoms. The van der Waals surface area contributed by atoms with Gasteiger partial charge in [-0.05, 0) is 0 Å². The first-order valence-electron chi connectivity index (χ1n) is 7.17. The Hall–Kier alpha value is -2.57. The van der Waals surface area contributed by atoms with Crippen molar-refractivity contribution in [3.8, 4) is 11.6 Å². The first-order chi connectivity index (χ1) is 11.8. The van der Waals surface area contributed by atoms with Crippen molar-refractivity contribution in [3.63, 3.8) is 0 Å². The number of benzene rings is 2. The molecule has 0 atom stereocenters. The fourth-order valence-corrected chi connectivity index (χ4v) is 4.57. The molecule has 4 rings (SSSR count). The molecule has 4 aromatic rings. The monoisotopic (exact) mass is 410 g/mol. The Morgan fingerprint density at radius 1 is 1.08 bits per heavy atom. The van der Waals surface area contributed by atoms with E-state index in [0.717, 1.165) is 12.1 Å². The van der Waals surface area contributed by atoms with Crippen LogP contribution in [0.5, 0.6) is 5.75 Å². The minimum atomic E-state index is -4.50. The zero-order valence-electron chi connectivity index (χ0n) is 12.4. The Morgan fingerprint density at radius 2 is 1.88 bits per heavy atom. The van der Waals surface area contributed by atoms with Gasteiger partial charge in [0.25, 0.3) is 0 Å². The average Bonchev–Trinajstić information content (AvgIpc) is 2.91. The summed E-state index contributed by atoms with van der Waals surface area (Å²) in [5.74, 6) is 0.291. The van der Waals surface area contributed by atoms with Crippen LogP contribution in [0.2, 0.25) is 0 Å². The van der Waals surface area contributed by atoms with Crippen molar-refractivity contribution in [2.45, 2.75) is 6.18 Å². The van der Waals surface area contributed by atoms with Gasteiger partial charge in [-0.3, -0.25) is 0 Å². The average molecular weight is 409 g/mol. The van der Waals surface area contributed by atoms with Crippen molar-refractivity contribution < 1.29 is 18.3 Å². The zero-order valence-corrected chi connectivity index (χ0v) is 14.1. The van der Waals surface area contributed by atoms with Crippen molar-refractivity contribution >= 4 is 35.3 Å². The second-order valence-corrected chi connectivity index (χ2v) is 7.49. The SMILES string of the molecule is O=c1c2cc(C(F)(F)F)ccc2[se]n1-c1ccc2cccc(O)c2n1. The van der Waals surface area contributed by atoms with Crippen LogP contribution in [-0.2, 0) is 6.18 Å². The van der Waals surface area contributed by atoms with E-state index in [1.807, 2.05) is 0 Å². The Balaban J connectivity index is 1.94. The number of aromatic hydroxyl groups is 1. The molecular weight excluding hydrogens is 400 g/mol. The van der Waals surface area contributed by atoms with Crippen LogP contribution >= 0.6 is 0 Å². The third-order valence-corrected chi connectivity index (χ3v) is 6.09. The molecule has 0 aliphatic carbocycles. The summed E-state index contributed by atoms with van der Waals surface area (Å²) in [5, 5.41) is 10.7. The Kier molecular flexibility index (Phi) is 3.49.